The molecule has 0 aromatic heterocycles. The second-order valence-electron chi connectivity index (χ2n) is 4.68. The topological polar surface area (TPSA) is 52.6 Å². The molecule has 0 aliphatic rings. The molecule has 0 spiro atoms. The monoisotopic (exact) mass is 294 g/mol. The van der Waals surface area contributed by atoms with Crippen LogP contribution >= 0.6 is 0 Å². The number of carbonyl (C=O) groups excluding carboxylic acids is 1. The van der Waals surface area contributed by atoms with Crippen molar-refractivity contribution in [2.45, 2.75) is 6.54 Å². The predicted molar refractivity (Wildman–Crippen MR) is 87.7 cm³/mol. The van der Waals surface area contributed by atoms with Crippen molar-refractivity contribution < 1.29 is 10.0 Å². The molecule has 2 aromatic rings. The Morgan fingerprint density at radius 2 is 1.82 bits per heavy atom. The molecule has 1 amide bonds. The lowest BCUT2D eigenvalue weighted by Crippen LogP contribution is -2.19. The number of anilines is 1. The Balaban J connectivity index is 2.18. The van der Waals surface area contributed by atoms with E-state index in [0.717, 1.165) is 11.3 Å². The molecule has 2 N–H and O–H groups in total. The van der Waals surface area contributed by atoms with Crippen molar-refractivity contribution >= 4 is 11.6 Å². The molecule has 0 aliphatic carbocycles. The highest BCUT2D eigenvalue weighted by molar-refractivity contribution is 5.93. The minimum atomic E-state index is -0.516. The Bertz CT molecular complexity index is 649. The number of nitrogens with one attached hydrogen (secondary N) is 1. The fourth-order valence-corrected chi connectivity index (χ4v) is 2.04. The average molecular weight is 294 g/mol. The molecule has 0 heterocycles. The van der Waals surface area contributed by atoms with Gasteiger partial charge in [0.1, 0.15) is 0 Å². The molecule has 0 aliphatic heterocycles. The summed E-state index contributed by atoms with van der Waals surface area (Å²) in [5.74, 6) is -0.516. The van der Waals surface area contributed by atoms with Gasteiger partial charge >= 0.3 is 0 Å². The molecule has 0 saturated heterocycles. The van der Waals surface area contributed by atoms with E-state index in [-0.39, 0.29) is 0 Å². The first-order chi connectivity index (χ1) is 10.7. The number of carbonyl (C=O) groups is 1. The number of hydroxylamine groups is 1. The van der Waals surface area contributed by atoms with E-state index in [0.29, 0.717) is 12.1 Å². The standard InChI is InChI=1S/C18H18N2O2/c1-2-3-13-20(17-7-5-4-6-8-17)14-15-9-11-16(12-10-15)18(21)19-22/h2-13,22H,1,14H2,(H,19,21). The van der Waals surface area contributed by atoms with E-state index in [1.54, 1.807) is 23.7 Å². The number of nitrogens with zero attached hydrogens (tertiary/aromatic N) is 1. The van der Waals surface area contributed by atoms with Gasteiger partial charge in [-0.05, 0) is 35.9 Å². The maximum absolute atomic E-state index is 11.3. The summed E-state index contributed by atoms with van der Waals surface area (Å²) in [5.41, 5.74) is 4.16. The first-order valence-corrected chi connectivity index (χ1v) is 6.89. The maximum atomic E-state index is 11.3. The molecule has 0 saturated carbocycles. The molecular weight excluding hydrogens is 276 g/mol. The van der Waals surface area contributed by atoms with Gasteiger partial charge in [0, 0.05) is 24.0 Å². The zero-order valence-electron chi connectivity index (χ0n) is 12.1. The van der Waals surface area contributed by atoms with E-state index in [4.69, 9.17) is 5.21 Å². The van der Waals surface area contributed by atoms with Crippen molar-refractivity contribution in [3.63, 3.8) is 0 Å². The SMILES string of the molecule is C=CC=CN(Cc1ccc(C(=O)NO)cc1)c1ccccc1. The van der Waals surface area contributed by atoms with Crippen LogP contribution in [0.1, 0.15) is 15.9 Å². The van der Waals surface area contributed by atoms with Crippen LogP contribution in [0.4, 0.5) is 5.69 Å². The molecule has 0 bridgehead atoms. The van der Waals surface area contributed by atoms with Crippen LogP contribution in [0, 0.1) is 0 Å². The summed E-state index contributed by atoms with van der Waals surface area (Å²) in [6.07, 6.45) is 5.56. The Hall–Kier alpha value is -2.85. The van der Waals surface area contributed by atoms with Crippen LogP contribution in [-0.2, 0) is 6.54 Å². The smallest absolute Gasteiger partial charge is 0.274 e. The van der Waals surface area contributed by atoms with Crippen LogP contribution in [0.2, 0.25) is 0 Å². The molecule has 112 valence electrons. The predicted octanol–water partition coefficient (Wildman–Crippen LogP) is 3.51. The lowest BCUT2D eigenvalue weighted by molar-refractivity contribution is 0.0706. The third-order valence-electron chi connectivity index (χ3n) is 3.16. The molecule has 0 atom stereocenters. The molecule has 22 heavy (non-hydrogen) atoms. The van der Waals surface area contributed by atoms with E-state index in [9.17, 15) is 4.79 Å². The normalized spacial score (nSPS) is 10.4. The van der Waals surface area contributed by atoms with Gasteiger partial charge in [-0.2, -0.15) is 0 Å². The summed E-state index contributed by atoms with van der Waals surface area (Å²) in [4.78, 5) is 13.4. The van der Waals surface area contributed by atoms with Gasteiger partial charge in [-0.15, -0.1) is 0 Å². The van der Waals surface area contributed by atoms with E-state index in [2.05, 4.69) is 11.5 Å². The lowest BCUT2D eigenvalue weighted by atomic mass is 10.1. The quantitative estimate of drug-likeness (QED) is 0.487. The molecule has 0 fully saturated rings. The van der Waals surface area contributed by atoms with Crippen molar-refractivity contribution in [2.24, 2.45) is 0 Å². The summed E-state index contributed by atoms with van der Waals surface area (Å²) in [6.45, 7) is 4.35. The van der Waals surface area contributed by atoms with E-state index < -0.39 is 5.91 Å². The van der Waals surface area contributed by atoms with Gasteiger partial charge < -0.3 is 4.90 Å². The highest BCUT2D eigenvalue weighted by Gasteiger charge is 2.06. The van der Waals surface area contributed by atoms with Crippen molar-refractivity contribution in [1.29, 1.82) is 0 Å². The molecule has 2 aromatic carbocycles. The fraction of sp³-hybridized carbons (Fsp3) is 0.0556. The molecule has 0 radical (unpaired) electrons. The number of rotatable bonds is 6. The number of allylic oxidation sites excluding steroid dienone is 2. The zero-order chi connectivity index (χ0) is 15.8. The Labute approximate surface area is 130 Å². The zero-order valence-corrected chi connectivity index (χ0v) is 12.1. The number of benzene rings is 2. The molecular formula is C18H18N2O2. The van der Waals surface area contributed by atoms with Gasteiger partial charge in [0.15, 0.2) is 0 Å². The van der Waals surface area contributed by atoms with Crippen molar-refractivity contribution in [3.05, 3.63) is 90.7 Å². The van der Waals surface area contributed by atoms with Crippen LogP contribution in [-0.4, -0.2) is 11.1 Å². The second-order valence-corrected chi connectivity index (χ2v) is 4.68. The average Bonchev–Trinajstić information content (AvgIpc) is 2.59. The number of para-hydroxylation sites is 1. The minimum absolute atomic E-state index is 0.416. The molecule has 0 unspecified atom stereocenters. The lowest BCUT2D eigenvalue weighted by Gasteiger charge is -2.20. The van der Waals surface area contributed by atoms with Gasteiger partial charge in [0.25, 0.3) is 5.91 Å². The van der Waals surface area contributed by atoms with E-state index >= 15 is 0 Å². The number of hydrogen-bond acceptors (Lipinski definition) is 3. The van der Waals surface area contributed by atoms with E-state index in [1.165, 1.54) is 0 Å². The summed E-state index contributed by atoms with van der Waals surface area (Å²) in [7, 11) is 0. The van der Waals surface area contributed by atoms with Crippen LogP contribution in [0.3, 0.4) is 0 Å². The molecule has 2 rings (SSSR count). The third-order valence-corrected chi connectivity index (χ3v) is 3.16. The molecule has 4 heteroatoms. The van der Waals surface area contributed by atoms with Crippen LogP contribution < -0.4 is 10.4 Å². The largest absolute Gasteiger partial charge is 0.344 e. The van der Waals surface area contributed by atoms with Gasteiger partial charge in [-0.1, -0.05) is 43.0 Å². The minimum Gasteiger partial charge on any atom is -0.344 e. The Kier molecular flexibility index (Phi) is 5.51. The molecule has 4 nitrogen and oxygen atoms in total. The van der Waals surface area contributed by atoms with Gasteiger partial charge in [0.05, 0.1) is 0 Å². The number of hydrogen-bond donors (Lipinski definition) is 2. The first-order valence-electron chi connectivity index (χ1n) is 6.89. The van der Waals surface area contributed by atoms with Gasteiger partial charge in [0.2, 0.25) is 0 Å². The summed E-state index contributed by atoms with van der Waals surface area (Å²) in [5, 5.41) is 8.62. The summed E-state index contributed by atoms with van der Waals surface area (Å²) < 4.78 is 0. The fourth-order valence-electron chi connectivity index (χ4n) is 2.04. The Morgan fingerprint density at radius 3 is 2.41 bits per heavy atom. The summed E-state index contributed by atoms with van der Waals surface area (Å²) in [6, 6.07) is 17.1. The van der Waals surface area contributed by atoms with Gasteiger partial charge in [-0.3, -0.25) is 10.0 Å². The number of amides is 1. The highest BCUT2D eigenvalue weighted by Crippen LogP contribution is 2.17. The third kappa shape index (κ3) is 4.07. The van der Waals surface area contributed by atoms with E-state index in [1.807, 2.05) is 54.7 Å². The van der Waals surface area contributed by atoms with Crippen molar-refractivity contribution in [3.8, 4) is 0 Å². The van der Waals surface area contributed by atoms with Crippen LogP contribution in [0.25, 0.3) is 0 Å². The van der Waals surface area contributed by atoms with Crippen LogP contribution in [0.15, 0.2) is 79.5 Å². The van der Waals surface area contributed by atoms with Crippen LogP contribution in [0.5, 0.6) is 0 Å². The van der Waals surface area contributed by atoms with Crippen molar-refractivity contribution in [1.82, 2.24) is 5.48 Å². The Morgan fingerprint density at radius 1 is 1.14 bits per heavy atom. The first kappa shape index (κ1) is 15.5. The maximum Gasteiger partial charge on any atom is 0.274 e. The highest BCUT2D eigenvalue weighted by atomic mass is 16.5. The summed E-state index contributed by atoms with van der Waals surface area (Å²) >= 11 is 0. The second kappa shape index (κ2) is 7.81. The van der Waals surface area contributed by atoms with Crippen molar-refractivity contribution in [2.75, 3.05) is 4.90 Å². The van der Waals surface area contributed by atoms with Gasteiger partial charge in [-0.25, -0.2) is 5.48 Å².